The average molecular weight is 244 g/mol. The Morgan fingerprint density at radius 1 is 1.33 bits per heavy atom. The Bertz CT molecular complexity index is 567. The molecule has 2 nitrogen and oxygen atoms in total. The quantitative estimate of drug-likeness (QED) is 0.763. The van der Waals surface area contributed by atoms with Gasteiger partial charge < -0.3 is 4.90 Å². The van der Waals surface area contributed by atoms with E-state index in [0.717, 1.165) is 24.3 Å². The maximum atomic E-state index is 13.5. The van der Waals surface area contributed by atoms with Crippen molar-refractivity contribution in [1.82, 2.24) is 4.98 Å². The van der Waals surface area contributed by atoms with Crippen molar-refractivity contribution in [2.45, 2.75) is 25.9 Å². The van der Waals surface area contributed by atoms with Crippen LogP contribution in [-0.4, -0.2) is 24.2 Å². The maximum Gasteiger partial charge on any atom is 0.129 e. The molecule has 1 aromatic heterocycles. The first-order valence-electron chi connectivity index (χ1n) is 6.49. The minimum Gasteiger partial charge on any atom is -0.354 e. The number of fused-ring (bicyclic) bond motifs is 1. The lowest BCUT2D eigenvalue weighted by molar-refractivity contribution is 0.286. The smallest absolute Gasteiger partial charge is 0.129 e. The fourth-order valence-corrected chi connectivity index (χ4v) is 2.63. The van der Waals surface area contributed by atoms with Gasteiger partial charge in [0, 0.05) is 11.9 Å². The molecule has 1 atom stereocenters. The maximum absolute atomic E-state index is 13.5. The van der Waals surface area contributed by atoms with E-state index in [9.17, 15) is 4.39 Å². The van der Waals surface area contributed by atoms with Crippen molar-refractivity contribution in [1.29, 1.82) is 0 Å². The molecule has 0 N–H and O–H groups in total. The van der Waals surface area contributed by atoms with Crippen molar-refractivity contribution < 1.29 is 4.39 Å². The third-order valence-corrected chi connectivity index (χ3v) is 3.60. The van der Waals surface area contributed by atoms with Gasteiger partial charge >= 0.3 is 0 Å². The van der Waals surface area contributed by atoms with Gasteiger partial charge in [-0.25, -0.2) is 9.37 Å². The Labute approximate surface area is 106 Å². The molecule has 94 valence electrons. The number of aromatic nitrogens is 1. The number of halogens is 1. The number of hydrogen-bond donors (Lipinski definition) is 0. The first-order valence-corrected chi connectivity index (χ1v) is 6.49. The van der Waals surface area contributed by atoms with Crippen LogP contribution in [0.3, 0.4) is 0 Å². The van der Waals surface area contributed by atoms with Crippen LogP contribution in [0.1, 0.15) is 18.4 Å². The highest BCUT2D eigenvalue weighted by molar-refractivity contribution is 5.83. The first kappa shape index (κ1) is 11.5. The zero-order chi connectivity index (χ0) is 12.5. The summed E-state index contributed by atoms with van der Waals surface area (Å²) in [4.78, 5) is 6.72. The van der Waals surface area contributed by atoms with Crippen LogP contribution >= 0.6 is 0 Å². The lowest BCUT2D eigenvalue weighted by Gasteiger charge is -2.30. The summed E-state index contributed by atoms with van der Waals surface area (Å²) >= 11 is 0. The molecule has 3 rings (SSSR count). The molecular formula is C15H17FN2. The average Bonchev–Trinajstić information content (AvgIpc) is 2.39. The van der Waals surface area contributed by atoms with Crippen LogP contribution in [0.5, 0.6) is 0 Å². The van der Waals surface area contributed by atoms with Crippen LogP contribution in [-0.2, 0) is 0 Å². The molecule has 1 aromatic carbocycles. The predicted octanol–water partition coefficient (Wildman–Crippen LogP) is 3.48. The van der Waals surface area contributed by atoms with Crippen LogP contribution in [0.4, 0.5) is 10.2 Å². The lowest BCUT2D eigenvalue weighted by Crippen LogP contribution is -2.36. The molecule has 0 radical (unpaired) electrons. The molecule has 2 aromatic rings. The molecule has 0 aliphatic carbocycles. The van der Waals surface area contributed by atoms with Crippen molar-refractivity contribution in [2.75, 3.05) is 18.0 Å². The van der Waals surface area contributed by atoms with E-state index in [4.69, 9.17) is 0 Å². The Hall–Kier alpha value is -1.64. The number of alkyl halides is 1. The van der Waals surface area contributed by atoms with Crippen LogP contribution in [0.15, 0.2) is 30.3 Å². The number of aryl methyl sites for hydroxylation is 1. The van der Waals surface area contributed by atoms with Gasteiger partial charge in [0.1, 0.15) is 12.0 Å². The van der Waals surface area contributed by atoms with E-state index in [2.05, 4.69) is 28.9 Å². The van der Waals surface area contributed by atoms with Gasteiger partial charge in [0.25, 0.3) is 0 Å². The molecule has 2 heterocycles. The summed E-state index contributed by atoms with van der Waals surface area (Å²) in [7, 11) is 0. The normalized spacial score (nSPS) is 20.3. The van der Waals surface area contributed by atoms with E-state index in [1.54, 1.807) is 0 Å². The van der Waals surface area contributed by atoms with Gasteiger partial charge in [0.15, 0.2) is 0 Å². The molecule has 3 heteroatoms. The van der Waals surface area contributed by atoms with Gasteiger partial charge in [0.2, 0.25) is 0 Å². The summed E-state index contributed by atoms with van der Waals surface area (Å²) in [6, 6.07) is 10.2. The molecule has 1 saturated heterocycles. The van der Waals surface area contributed by atoms with Gasteiger partial charge in [-0.05, 0) is 37.5 Å². The zero-order valence-electron chi connectivity index (χ0n) is 10.6. The molecule has 0 saturated carbocycles. The summed E-state index contributed by atoms with van der Waals surface area (Å²) in [5.41, 5.74) is 2.20. The van der Waals surface area contributed by atoms with Crippen molar-refractivity contribution >= 4 is 16.7 Å². The summed E-state index contributed by atoms with van der Waals surface area (Å²) in [5.74, 6) is 0.911. The summed E-state index contributed by atoms with van der Waals surface area (Å²) < 4.78 is 13.5. The molecular weight excluding hydrogens is 227 g/mol. The van der Waals surface area contributed by atoms with Crippen molar-refractivity contribution in [3.8, 4) is 0 Å². The fourth-order valence-electron chi connectivity index (χ4n) is 2.63. The topological polar surface area (TPSA) is 16.1 Å². The van der Waals surface area contributed by atoms with E-state index in [1.807, 2.05) is 18.2 Å². The molecule has 1 aliphatic rings. The van der Waals surface area contributed by atoms with Gasteiger partial charge in [-0.2, -0.15) is 0 Å². The standard InChI is InChI=1S/C15H17FN2/c1-11-9-15(18-8-4-5-12(16)10-18)17-14-7-3-2-6-13(11)14/h2-3,6-7,9,12H,4-5,8,10H2,1H3. The molecule has 1 fully saturated rings. The van der Waals surface area contributed by atoms with E-state index in [-0.39, 0.29) is 0 Å². The van der Waals surface area contributed by atoms with Crippen LogP contribution < -0.4 is 4.90 Å². The van der Waals surface area contributed by atoms with Gasteiger partial charge in [0.05, 0.1) is 12.1 Å². The second-order valence-corrected chi connectivity index (χ2v) is 5.00. The minimum atomic E-state index is -0.715. The second-order valence-electron chi connectivity index (χ2n) is 5.00. The number of pyridine rings is 1. The zero-order valence-corrected chi connectivity index (χ0v) is 10.6. The number of hydrogen-bond acceptors (Lipinski definition) is 2. The SMILES string of the molecule is Cc1cc(N2CCCC(F)C2)nc2ccccc12. The monoisotopic (exact) mass is 244 g/mol. The lowest BCUT2D eigenvalue weighted by atomic mass is 10.1. The van der Waals surface area contributed by atoms with E-state index in [0.29, 0.717) is 13.0 Å². The number of nitrogens with zero attached hydrogens (tertiary/aromatic N) is 2. The van der Waals surface area contributed by atoms with E-state index < -0.39 is 6.17 Å². The number of rotatable bonds is 1. The summed E-state index contributed by atoms with van der Waals surface area (Å²) in [5, 5.41) is 1.18. The highest BCUT2D eigenvalue weighted by Gasteiger charge is 2.20. The number of benzene rings is 1. The molecule has 0 amide bonds. The number of anilines is 1. The van der Waals surface area contributed by atoms with Crippen molar-refractivity contribution in [2.24, 2.45) is 0 Å². The summed E-state index contributed by atoms with van der Waals surface area (Å²) in [6.07, 6.45) is 0.880. The highest BCUT2D eigenvalue weighted by Crippen LogP contribution is 2.25. The molecule has 0 spiro atoms. The third-order valence-electron chi connectivity index (χ3n) is 3.60. The molecule has 1 aliphatic heterocycles. The fraction of sp³-hybridized carbons (Fsp3) is 0.400. The van der Waals surface area contributed by atoms with Gasteiger partial charge in [-0.1, -0.05) is 18.2 Å². The predicted molar refractivity (Wildman–Crippen MR) is 72.8 cm³/mol. The van der Waals surface area contributed by atoms with Crippen LogP contribution in [0.25, 0.3) is 10.9 Å². The Kier molecular flexibility index (Phi) is 2.90. The second kappa shape index (κ2) is 4.56. The summed E-state index contributed by atoms with van der Waals surface area (Å²) in [6.45, 7) is 3.47. The Balaban J connectivity index is 2.02. The minimum absolute atomic E-state index is 0.477. The number of para-hydroxylation sites is 1. The molecule has 0 bridgehead atoms. The largest absolute Gasteiger partial charge is 0.354 e. The van der Waals surface area contributed by atoms with Crippen LogP contribution in [0.2, 0.25) is 0 Å². The molecule has 18 heavy (non-hydrogen) atoms. The van der Waals surface area contributed by atoms with Crippen LogP contribution in [0, 0.1) is 6.92 Å². The first-order chi connectivity index (χ1) is 8.74. The van der Waals surface area contributed by atoms with Crippen molar-refractivity contribution in [3.05, 3.63) is 35.9 Å². The van der Waals surface area contributed by atoms with E-state index >= 15 is 0 Å². The van der Waals surface area contributed by atoms with E-state index in [1.165, 1.54) is 10.9 Å². The number of piperidine rings is 1. The van der Waals surface area contributed by atoms with Gasteiger partial charge in [-0.15, -0.1) is 0 Å². The van der Waals surface area contributed by atoms with Crippen molar-refractivity contribution in [3.63, 3.8) is 0 Å². The highest BCUT2D eigenvalue weighted by atomic mass is 19.1. The molecule has 1 unspecified atom stereocenters. The third kappa shape index (κ3) is 2.05. The Morgan fingerprint density at radius 3 is 3.00 bits per heavy atom. The Morgan fingerprint density at radius 2 is 2.17 bits per heavy atom. The van der Waals surface area contributed by atoms with Gasteiger partial charge in [-0.3, -0.25) is 0 Å².